The van der Waals surface area contributed by atoms with Crippen LogP contribution in [0.5, 0.6) is 0 Å². The minimum absolute atomic E-state index is 0. The summed E-state index contributed by atoms with van der Waals surface area (Å²) in [4.78, 5) is 12.1. The van der Waals surface area contributed by atoms with Crippen molar-refractivity contribution >= 4 is 35.8 Å². The molecule has 1 amide bonds. The molecule has 1 aromatic carbocycles. The lowest BCUT2D eigenvalue weighted by molar-refractivity contribution is -0.117. The number of alkyl halides is 3. The molecule has 0 radical (unpaired) electrons. The summed E-state index contributed by atoms with van der Waals surface area (Å²) >= 11 is -0.223. The molecule has 0 aromatic heterocycles. The summed E-state index contributed by atoms with van der Waals surface area (Å²) in [6.45, 7) is 0. The van der Waals surface area contributed by atoms with Crippen LogP contribution < -0.4 is 11.1 Å². The number of benzene rings is 1. The van der Waals surface area contributed by atoms with Crippen molar-refractivity contribution in [3.63, 3.8) is 0 Å². The number of thioether (sulfide) groups is 1. The molecule has 1 aliphatic carbocycles. The van der Waals surface area contributed by atoms with E-state index < -0.39 is 5.51 Å². The van der Waals surface area contributed by atoms with E-state index in [0.717, 1.165) is 25.7 Å². The molecule has 3 nitrogen and oxygen atoms in total. The van der Waals surface area contributed by atoms with Gasteiger partial charge in [-0.3, -0.25) is 4.79 Å². The second kappa shape index (κ2) is 8.80. The van der Waals surface area contributed by atoms with E-state index in [9.17, 15) is 18.0 Å². The highest BCUT2D eigenvalue weighted by atomic mass is 35.5. The topological polar surface area (TPSA) is 55.1 Å². The molecule has 8 heteroatoms. The minimum atomic E-state index is -4.38. The van der Waals surface area contributed by atoms with Crippen LogP contribution in [-0.2, 0) is 4.79 Å². The summed E-state index contributed by atoms with van der Waals surface area (Å²) in [5, 5.41) is 2.59. The molecule has 3 N–H and O–H groups in total. The van der Waals surface area contributed by atoms with E-state index in [0.29, 0.717) is 0 Å². The molecule has 0 spiro atoms. The number of nitrogens with two attached hydrogens (primary N) is 1. The van der Waals surface area contributed by atoms with Gasteiger partial charge in [0, 0.05) is 17.4 Å². The van der Waals surface area contributed by atoms with E-state index in [4.69, 9.17) is 5.73 Å². The van der Waals surface area contributed by atoms with Crippen LogP contribution in [0.3, 0.4) is 0 Å². The maximum atomic E-state index is 12.5. The Morgan fingerprint density at radius 3 is 2.57 bits per heavy atom. The monoisotopic (exact) mass is 368 g/mol. The fourth-order valence-corrected chi connectivity index (χ4v) is 3.34. The van der Waals surface area contributed by atoms with Crippen molar-refractivity contribution in [3.8, 4) is 0 Å². The van der Waals surface area contributed by atoms with Crippen molar-refractivity contribution in [2.24, 2.45) is 11.7 Å². The molecule has 1 aromatic rings. The van der Waals surface area contributed by atoms with E-state index in [1.54, 1.807) is 6.07 Å². The maximum absolute atomic E-state index is 12.5. The number of halogens is 4. The van der Waals surface area contributed by atoms with E-state index >= 15 is 0 Å². The third-order valence-electron chi connectivity index (χ3n) is 3.80. The van der Waals surface area contributed by atoms with E-state index in [1.165, 1.54) is 18.2 Å². The Kier molecular flexibility index (Phi) is 7.70. The number of rotatable bonds is 4. The molecule has 2 rings (SSSR count). The Morgan fingerprint density at radius 2 is 1.91 bits per heavy atom. The molecule has 2 atom stereocenters. The normalized spacial score (nSPS) is 21.4. The van der Waals surface area contributed by atoms with Crippen LogP contribution >= 0.6 is 24.2 Å². The van der Waals surface area contributed by atoms with Crippen molar-refractivity contribution in [1.29, 1.82) is 0 Å². The molecule has 0 saturated heterocycles. The Hall–Kier alpha value is -0.920. The quantitative estimate of drug-likeness (QED) is 0.765. The fraction of sp³-hybridized carbons (Fsp3) is 0.533. The molecule has 130 valence electrons. The van der Waals surface area contributed by atoms with Gasteiger partial charge in [0.25, 0.3) is 0 Å². The van der Waals surface area contributed by atoms with Gasteiger partial charge in [0.15, 0.2) is 0 Å². The first kappa shape index (κ1) is 20.1. The van der Waals surface area contributed by atoms with Gasteiger partial charge >= 0.3 is 5.51 Å². The van der Waals surface area contributed by atoms with E-state index in [1.807, 2.05) is 0 Å². The summed E-state index contributed by atoms with van der Waals surface area (Å²) in [5.41, 5.74) is 1.81. The highest BCUT2D eigenvalue weighted by Crippen LogP contribution is 2.40. The molecule has 1 saturated carbocycles. The SMILES string of the molecule is Cl.NC1CCCCC1CC(=O)Nc1ccccc1SC(F)(F)F. The molecule has 23 heavy (non-hydrogen) atoms. The average Bonchev–Trinajstić information content (AvgIpc) is 2.42. The summed E-state index contributed by atoms with van der Waals surface area (Å²) < 4.78 is 37.5. The van der Waals surface area contributed by atoms with Crippen molar-refractivity contribution in [1.82, 2.24) is 0 Å². The lowest BCUT2D eigenvalue weighted by atomic mass is 9.83. The summed E-state index contributed by atoms with van der Waals surface area (Å²) in [6, 6.07) is 5.94. The molecular weight excluding hydrogens is 349 g/mol. The van der Waals surface area contributed by atoms with Gasteiger partial charge in [0.2, 0.25) is 5.91 Å². The van der Waals surface area contributed by atoms with Crippen LogP contribution in [0.15, 0.2) is 29.2 Å². The first-order valence-corrected chi connectivity index (χ1v) is 8.07. The second-order valence-electron chi connectivity index (χ2n) is 5.50. The maximum Gasteiger partial charge on any atom is 0.446 e. The predicted molar refractivity (Wildman–Crippen MR) is 88.8 cm³/mol. The summed E-state index contributed by atoms with van der Waals surface area (Å²) in [6.07, 6.45) is 4.18. The van der Waals surface area contributed by atoms with Crippen molar-refractivity contribution in [2.75, 3.05) is 5.32 Å². The van der Waals surface area contributed by atoms with Gasteiger partial charge in [-0.1, -0.05) is 25.0 Å². The van der Waals surface area contributed by atoms with E-state index in [2.05, 4.69) is 5.32 Å². The molecule has 2 unspecified atom stereocenters. The molecule has 0 aliphatic heterocycles. The standard InChI is InChI=1S/C15H19F3N2OS.ClH/c16-15(17,18)22-13-8-4-3-7-12(13)20-14(21)9-10-5-1-2-6-11(10)19;/h3-4,7-8,10-11H,1-2,5-6,9,19H2,(H,20,21);1H. The highest BCUT2D eigenvalue weighted by molar-refractivity contribution is 8.00. The van der Waals surface area contributed by atoms with E-state index in [-0.39, 0.29) is 59.0 Å². The summed E-state index contributed by atoms with van der Waals surface area (Å²) in [5.74, 6) is -0.172. The van der Waals surface area contributed by atoms with Gasteiger partial charge in [-0.05, 0) is 42.7 Å². The van der Waals surface area contributed by atoms with Crippen LogP contribution in [-0.4, -0.2) is 17.5 Å². The molecule has 1 fully saturated rings. The zero-order chi connectivity index (χ0) is 16.2. The smallest absolute Gasteiger partial charge is 0.327 e. The van der Waals surface area contributed by atoms with Gasteiger partial charge in [-0.15, -0.1) is 12.4 Å². The first-order valence-electron chi connectivity index (χ1n) is 7.25. The van der Waals surface area contributed by atoms with Crippen molar-refractivity contribution < 1.29 is 18.0 Å². The van der Waals surface area contributed by atoms with Crippen molar-refractivity contribution in [3.05, 3.63) is 24.3 Å². The third kappa shape index (κ3) is 6.61. The fourth-order valence-electron chi connectivity index (χ4n) is 2.71. The van der Waals surface area contributed by atoms with Gasteiger partial charge in [-0.2, -0.15) is 13.2 Å². The van der Waals surface area contributed by atoms with Gasteiger partial charge < -0.3 is 11.1 Å². The van der Waals surface area contributed by atoms with Crippen LogP contribution in [0.1, 0.15) is 32.1 Å². The van der Waals surface area contributed by atoms with Crippen LogP contribution in [0.25, 0.3) is 0 Å². The number of amides is 1. The first-order chi connectivity index (χ1) is 10.3. The predicted octanol–water partition coefficient (Wildman–Crippen LogP) is 4.57. The van der Waals surface area contributed by atoms with Crippen molar-refractivity contribution in [2.45, 2.75) is 48.5 Å². The van der Waals surface area contributed by atoms with Crippen LogP contribution in [0.2, 0.25) is 0 Å². The largest absolute Gasteiger partial charge is 0.446 e. The van der Waals surface area contributed by atoms with Crippen LogP contribution in [0, 0.1) is 5.92 Å². The highest BCUT2D eigenvalue weighted by Gasteiger charge is 2.31. The Labute approximate surface area is 144 Å². The average molecular weight is 369 g/mol. The van der Waals surface area contributed by atoms with Gasteiger partial charge in [-0.25, -0.2) is 0 Å². The molecule has 0 bridgehead atoms. The molecule has 0 heterocycles. The Morgan fingerprint density at radius 1 is 1.26 bits per heavy atom. The molecular formula is C15H20ClF3N2OS. The van der Waals surface area contributed by atoms with Gasteiger partial charge in [0.05, 0.1) is 5.69 Å². The lowest BCUT2D eigenvalue weighted by Gasteiger charge is -2.28. The minimum Gasteiger partial charge on any atom is -0.327 e. The Bertz CT molecular complexity index is 528. The number of para-hydroxylation sites is 1. The number of carbonyl (C=O) groups excluding carboxylic acids is 1. The second-order valence-corrected chi connectivity index (χ2v) is 6.61. The zero-order valence-corrected chi connectivity index (χ0v) is 14.1. The van der Waals surface area contributed by atoms with Gasteiger partial charge in [0.1, 0.15) is 0 Å². The zero-order valence-electron chi connectivity index (χ0n) is 12.4. The number of anilines is 1. The number of hydrogen-bond acceptors (Lipinski definition) is 3. The Balaban J connectivity index is 0.00000264. The number of nitrogens with one attached hydrogen (secondary N) is 1. The van der Waals surface area contributed by atoms with Crippen LogP contribution in [0.4, 0.5) is 18.9 Å². The number of hydrogen-bond donors (Lipinski definition) is 2. The molecule has 1 aliphatic rings. The third-order valence-corrected chi connectivity index (χ3v) is 4.61. The number of carbonyl (C=O) groups is 1. The summed E-state index contributed by atoms with van der Waals surface area (Å²) in [7, 11) is 0. The lowest BCUT2D eigenvalue weighted by Crippen LogP contribution is -2.35.